The molecule has 0 saturated carbocycles. The number of aryl methyl sites for hydroxylation is 1. The summed E-state index contributed by atoms with van der Waals surface area (Å²) in [6.07, 6.45) is 5.27. The van der Waals surface area contributed by atoms with Gasteiger partial charge in [0, 0.05) is 35.6 Å². The molecule has 3 heterocycles. The second-order valence-electron chi connectivity index (χ2n) is 9.27. The zero-order valence-electron chi connectivity index (χ0n) is 20.7. The molecule has 1 aliphatic rings. The van der Waals surface area contributed by atoms with E-state index in [9.17, 15) is 9.59 Å². The van der Waals surface area contributed by atoms with Gasteiger partial charge in [-0.1, -0.05) is 36.4 Å². The van der Waals surface area contributed by atoms with E-state index in [2.05, 4.69) is 15.2 Å². The lowest BCUT2D eigenvalue weighted by atomic mass is 10.0. The van der Waals surface area contributed by atoms with Crippen LogP contribution in [0.3, 0.4) is 0 Å². The molecule has 1 fully saturated rings. The fraction of sp³-hybridized carbons (Fsp3) is 0.276. The van der Waals surface area contributed by atoms with Crippen molar-refractivity contribution in [3.05, 3.63) is 90.0 Å². The van der Waals surface area contributed by atoms with Crippen LogP contribution in [0.4, 0.5) is 5.69 Å². The second kappa shape index (κ2) is 11.4. The van der Waals surface area contributed by atoms with Gasteiger partial charge in [0.05, 0.1) is 37.7 Å². The van der Waals surface area contributed by atoms with Gasteiger partial charge in [0.15, 0.2) is 0 Å². The molecule has 2 amide bonds. The van der Waals surface area contributed by atoms with Crippen molar-refractivity contribution in [2.24, 2.45) is 5.73 Å². The van der Waals surface area contributed by atoms with E-state index in [1.165, 1.54) is 0 Å². The smallest absolute Gasteiger partial charge is 0.248 e. The van der Waals surface area contributed by atoms with Gasteiger partial charge in [0.1, 0.15) is 0 Å². The Balaban J connectivity index is 1.33. The Bertz CT molecular complexity index is 1390. The van der Waals surface area contributed by atoms with E-state index in [-0.39, 0.29) is 12.3 Å². The van der Waals surface area contributed by atoms with Gasteiger partial charge in [-0.25, -0.2) is 4.98 Å². The summed E-state index contributed by atoms with van der Waals surface area (Å²) in [5.41, 5.74) is 11.4. The molecular weight excluding hydrogens is 466 g/mol. The Morgan fingerprint density at radius 2 is 1.84 bits per heavy atom. The van der Waals surface area contributed by atoms with Crippen LogP contribution in [0.15, 0.2) is 73.2 Å². The van der Waals surface area contributed by atoms with Crippen molar-refractivity contribution >= 4 is 23.0 Å². The minimum Gasteiger partial charge on any atom is -0.379 e. The number of rotatable bonds is 9. The van der Waals surface area contributed by atoms with E-state index in [0.29, 0.717) is 17.7 Å². The number of nitrogens with two attached hydrogens (primary N) is 1. The Hall–Kier alpha value is -4.01. The largest absolute Gasteiger partial charge is 0.379 e. The first kappa shape index (κ1) is 24.7. The van der Waals surface area contributed by atoms with Crippen molar-refractivity contribution in [3.63, 3.8) is 0 Å². The predicted molar refractivity (Wildman–Crippen MR) is 144 cm³/mol. The van der Waals surface area contributed by atoms with E-state index in [1.54, 1.807) is 24.7 Å². The van der Waals surface area contributed by atoms with Gasteiger partial charge in [-0.2, -0.15) is 0 Å². The van der Waals surface area contributed by atoms with Crippen molar-refractivity contribution in [3.8, 4) is 11.1 Å². The molecule has 190 valence electrons. The number of nitrogens with one attached hydrogen (secondary N) is 1. The van der Waals surface area contributed by atoms with E-state index in [4.69, 9.17) is 10.5 Å². The Morgan fingerprint density at radius 3 is 2.62 bits per heavy atom. The summed E-state index contributed by atoms with van der Waals surface area (Å²) in [7, 11) is 0. The number of anilines is 1. The number of amides is 2. The minimum atomic E-state index is -0.460. The first-order chi connectivity index (χ1) is 18.1. The van der Waals surface area contributed by atoms with Crippen LogP contribution in [0.1, 0.15) is 28.0 Å². The summed E-state index contributed by atoms with van der Waals surface area (Å²) in [5, 5.41) is 3.02. The van der Waals surface area contributed by atoms with Crippen LogP contribution >= 0.6 is 0 Å². The molecule has 5 rings (SSSR count). The van der Waals surface area contributed by atoms with E-state index < -0.39 is 5.91 Å². The maximum absolute atomic E-state index is 13.2. The van der Waals surface area contributed by atoms with Crippen molar-refractivity contribution in [1.82, 2.24) is 14.3 Å². The van der Waals surface area contributed by atoms with E-state index in [0.717, 1.165) is 67.2 Å². The van der Waals surface area contributed by atoms with Gasteiger partial charge >= 0.3 is 0 Å². The first-order valence-corrected chi connectivity index (χ1v) is 12.6. The summed E-state index contributed by atoms with van der Waals surface area (Å²) < 4.78 is 7.37. The molecule has 0 bridgehead atoms. The average molecular weight is 498 g/mol. The summed E-state index contributed by atoms with van der Waals surface area (Å²) >= 11 is 0. The number of hydrogen-bond donors (Lipinski definition) is 2. The number of ether oxygens (including phenoxy) is 1. The van der Waals surface area contributed by atoms with Crippen LogP contribution in [-0.2, 0) is 22.4 Å². The molecule has 2 aromatic heterocycles. The monoisotopic (exact) mass is 497 g/mol. The fourth-order valence-corrected chi connectivity index (χ4v) is 4.90. The summed E-state index contributed by atoms with van der Waals surface area (Å²) in [5.74, 6) is -0.608. The third-order valence-electron chi connectivity index (χ3n) is 6.78. The van der Waals surface area contributed by atoms with Crippen LogP contribution in [-0.4, -0.2) is 58.9 Å². The first-order valence-electron chi connectivity index (χ1n) is 12.6. The molecule has 4 aromatic rings. The molecule has 8 heteroatoms. The SMILES string of the molecule is NC(=O)c1ccc(NC(=O)Cc2c(-c3ccccc3)ccc3cncn23)cc1CCCN1CCOCC1. The molecule has 37 heavy (non-hydrogen) atoms. The molecule has 0 unspecified atom stereocenters. The lowest BCUT2D eigenvalue weighted by Gasteiger charge is -2.26. The number of carbonyl (C=O) groups excluding carboxylic acids is 2. The van der Waals surface area contributed by atoms with Crippen molar-refractivity contribution in [2.75, 3.05) is 38.2 Å². The number of hydrogen-bond acceptors (Lipinski definition) is 5. The molecule has 1 saturated heterocycles. The Kier molecular flexibility index (Phi) is 7.58. The number of morpholine rings is 1. The Morgan fingerprint density at radius 1 is 1.03 bits per heavy atom. The highest BCUT2D eigenvalue weighted by Crippen LogP contribution is 2.26. The zero-order valence-corrected chi connectivity index (χ0v) is 20.7. The number of primary amides is 1. The van der Waals surface area contributed by atoms with Crippen LogP contribution in [0.2, 0.25) is 0 Å². The number of carbonyl (C=O) groups is 2. The van der Waals surface area contributed by atoms with Crippen molar-refractivity contribution < 1.29 is 14.3 Å². The third kappa shape index (κ3) is 5.87. The highest BCUT2D eigenvalue weighted by atomic mass is 16.5. The molecule has 0 atom stereocenters. The quantitative estimate of drug-likeness (QED) is 0.368. The number of aromatic nitrogens is 2. The number of pyridine rings is 1. The lowest BCUT2D eigenvalue weighted by molar-refractivity contribution is -0.115. The van der Waals surface area contributed by atoms with E-state index >= 15 is 0 Å². The third-order valence-corrected chi connectivity index (χ3v) is 6.78. The van der Waals surface area contributed by atoms with Crippen LogP contribution < -0.4 is 11.1 Å². The van der Waals surface area contributed by atoms with Crippen LogP contribution in [0, 0.1) is 0 Å². The normalized spacial score (nSPS) is 14.1. The topological polar surface area (TPSA) is 102 Å². The highest BCUT2D eigenvalue weighted by Gasteiger charge is 2.16. The van der Waals surface area contributed by atoms with Gasteiger partial charge in [-0.3, -0.25) is 14.5 Å². The van der Waals surface area contributed by atoms with Gasteiger partial charge in [0.25, 0.3) is 0 Å². The van der Waals surface area contributed by atoms with Crippen molar-refractivity contribution in [1.29, 1.82) is 0 Å². The minimum absolute atomic E-state index is 0.149. The Labute approximate surface area is 216 Å². The van der Waals surface area contributed by atoms with Crippen molar-refractivity contribution in [2.45, 2.75) is 19.3 Å². The highest BCUT2D eigenvalue weighted by molar-refractivity contribution is 5.97. The summed E-state index contributed by atoms with van der Waals surface area (Å²) in [6.45, 7) is 4.29. The predicted octanol–water partition coefficient (Wildman–Crippen LogP) is 3.55. The van der Waals surface area contributed by atoms with Gasteiger partial charge in [0.2, 0.25) is 11.8 Å². The molecule has 2 aromatic carbocycles. The molecule has 0 radical (unpaired) electrons. The van der Waals surface area contributed by atoms with E-state index in [1.807, 2.05) is 52.9 Å². The second-order valence-corrected chi connectivity index (χ2v) is 9.27. The fourth-order valence-electron chi connectivity index (χ4n) is 4.90. The number of imidazole rings is 1. The maximum Gasteiger partial charge on any atom is 0.248 e. The zero-order chi connectivity index (χ0) is 25.6. The number of nitrogens with zero attached hydrogens (tertiary/aromatic N) is 3. The lowest BCUT2D eigenvalue weighted by Crippen LogP contribution is -2.37. The average Bonchev–Trinajstić information content (AvgIpc) is 3.39. The molecule has 1 aliphatic heterocycles. The van der Waals surface area contributed by atoms with Gasteiger partial charge < -0.3 is 20.2 Å². The number of benzene rings is 2. The molecule has 0 aliphatic carbocycles. The summed E-state index contributed by atoms with van der Waals surface area (Å²) in [4.78, 5) is 31.9. The standard InChI is InChI=1S/C29H31N5O3/c30-29(36)26-10-8-23(17-22(26)7-4-12-33-13-15-37-16-14-33)32-28(35)18-27-25(21-5-2-1-3-6-21)11-9-24-19-31-20-34(24)27/h1-3,5-6,8-11,17,19-20H,4,7,12-16,18H2,(H2,30,36)(H,32,35). The van der Waals surface area contributed by atoms with Gasteiger partial charge in [-0.15, -0.1) is 0 Å². The molecule has 0 spiro atoms. The summed E-state index contributed by atoms with van der Waals surface area (Å²) in [6, 6.07) is 19.3. The van der Waals surface area contributed by atoms with Gasteiger partial charge in [-0.05, 0) is 54.8 Å². The van der Waals surface area contributed by atoms with Crippen LogP contribution in [0.5, 0.6) is 0 Å². The van der Waals surface area contributed by atoms with Crippen LogP contribution in [0.25, 0.3) is 16.6 Å². The number of fused-ring (bicyclic) bond motifs is 1. The molecule has 8 nitrogen and oxygen atoms in total. The molecule has 3 N–H and O–H groups in total. The maximum atomic E-state index is 13.2. The molecular formula is C29H31N5O3.